The number of carbonyl (C=O) groups excluding carboxylic acids is 2. The minimum absolute atomic E-state index is 0.0319. The summed E-state index contributed by atoms with van der Waals surface area (Å²) in [4.78, 5) is 30.3. The number of benzene rings is 3. The van der Waals surface area contributed by atoms with Gasteiger partial charge in [0.1, 0.15) is 5.69 Å². The van der Waals surface area contributed by atoms with Gasteiger partial charge in [-0.15, -0.1) is 0 Å². The summed E-state index contributed by atoms with van der Waals surface area (Å²) in [6, 6.07) is 23.0. The van der Waals surface area contributed by atoms with Gasteiger partial charge < -0.3 is 15.2 Å². The monoisotopic (exact) mass is 584 g/mol. The lowest BCUT2D eigenvalue weighted by molar-refractivity contribution is -0.137. The van der Waals surface area contributed by atoms with Crippen LogP contribution in [0, 0.1) is 0 Å². The Kier molecular flexibility index (Phi) is 8.08. The molecule has 3 aromatic carbocycles. The van der Waals surface area contributed by atoms with Crippen LogP contribution in [0.3, 0.4) is 0 Å². The van der Waals surface area contributed by atoms with E-state index < -0.39 is 11.7 Å². The van der Waals surface area contributed by atoms with Gasteiger partial charge in [-0.05, 0) is 82.8 Å². The molecule has 0 aliphatic rings. The maximum atomic E-state index is 13.4. The van der Waals surface area contributed by atoms with Crippen molar-refractivity contribution in [3.63, 3.8) is 0 Å². The molecule has 2 aromatic heterocycles. The second-order valence-electron chi connectivity index (χ2n) is 11.4. The average molecular weight is 585 g/mol. The Hall–Kier alpha value is -4.92. The molecule has 0 saturated carbocycles. The molecule has 0 aliphatic heterocycles. The molecule has 5 aromatic rings. The maximum Gasteiger partial charge on any atom is 0.416 e. The molecule has 0 unspecified atom stereocenters. The van der Waals surface area contributed by atoms with Gasteiger partial charge in [-0.3, -0.25) is 14.6 Å². The van der Waals surface area contributed by atoms with Crippen LogP contribution in [0.4, 0.5) is 18.9 Å². The number of hydrogen-bond donors (Lipinski definition) is 2. The van der Waals surface area contributed by atoms with Crippen LogP contribution in [0.5, 0.6) is 0 Å². The second-order valence-corrected chi connectivity index (χ2v) is 11.4. The van der Waals surface area contributed by atoms with Crippen LogP contribution in [-0.4, -0.2) is 21.4 Å². The number of rotatable bonds is 7. The fraction of sp³-hybridized carbons (Fsp3) is 0.206. The highest BCUT2D eigenvalue weighted by Gasteiger charge is 2.30. The molecule has 0 spiro atoms. The predicted molar refractivity (Wildman–Crippen MR) is 161 cm³/mol. The van der Waals surface area contributed by atoms with Crippen LogP contribution < -0.4 is 10.6 Å². The Morgan fingerprint density at radius 3 is 2.05 bits per heavy atom. The summed E-state index contributed by atoms with van der Waals surface area (Å²) in [5.41, 5.74) is 3.92. The van der Waals surface area contributed by atoms with Gasteiger partial charge in [-0.2, -0.15) is 13.2 Å². The lowest BCUT2D eigenvalue weighted by atomic mass is 9.87. The number of amides is 2. The van der Waals surface area contributed by atoms with Gasteiger partial charge in [0.05, 0.1) is 5.56 Å². The van der Waals surface area contributed by atoms with Crippen molar-refractivity contribution in [3.8, 4) is 0 Å². The molecule has 5 rings (SSSR count). The molecule has 2 amide bonds. The van der Waals surface area contributed by atoms with Gasteiger partial charge in [0, 0.05) is 47.6 Å². The summed E-state index contributed by atoms with van der Waals surface area (Å²) in [7, 11) is 0. The second kappa shape index (κ2) is 11.8. The van der Waals surface area contributed by atoms with E-state index in [2.05, 4.69) is 36.4 Å². The zero-order valence-electron chi connectivity index (χ0n) is 24.0. The van der Waals surface area contributed by atoms with Crippen LogP contribution >= 0.6 is 0 Å². The molecule has 0 atom stereocenters. The van der Waals surface area contributed by atoms with E-state index in [-0.39, 0.29) is 30.3 Å². The number of alkyl halides is 3. The summed E-state index contributed by atoms with van der Waals surface area (Å²) in [5, 5.41) is 6.53. The Labute approximate surface area is 247 Å². The first-order valence-electron chi connectivity index (χ1n) is 13.8. The smallest absolute Gasteiger partial charge is 0.347 e. The molecule has 0 aliphatic carbocycles. The molecule has 6 nitrogen and oxygen atoms in total. The van der Waals surface area contributed by atoms with Gasteiger partial charge >= 0.3 is 6.18 Å². The van der Waals surface area contributed by atoms with Crippen molar-refractivity contribution in [1.82, 2.24) is 14.9 Å². The number of fused-ring (bicyclic) bond motifs is 1. The lowest BCUT2D eigenvalue weighted by Gasteiger charge is -2.19. The first-order chi connectivity index (χ1) is 20.4. The van der Waals surface area contributed by atoms with Crippen molar-refractivity contribution in [2.75, 3.05) is 5.32 Å². The molecular formula is C34H31F3N4O2. The maximum absolute atomic E-state index is 13.4. The number of nitrogens with one attached hydrogen (secondary N) is 2. The van der Waals surface area contributed by atoms with Crippen molar-refractivity contribution in [2.45, 2.75) is 45.5 Å². The SMILES string of the molecule is CC(C)(C)c1ccc(C(=O)Nc2ccc3c(c2)cc(C(=O)NCc2ccncc2)n3Cc2ccc(C(F)(F)F)cc2)cc1. The van der Waals surface area contributed by atoms with Gasteiger partial charge in [0.15, 0.2) is 0 Å². The zero-order valence-corrected chi connectivity index (χ0v) is 24.0. The van der Waals surface area contributed by atoms with Crippen LogP contribution in [0.2, 0.25) is 0 Å². The Balaban J connectivity index is 1.43. The minimum atomic E-state index is -4.44. The van der Waals surface area contributed by atoms with E-state index in [0.717, 1.165) is 23.3 Å². The summed E-state index contributed by atoms with van der Waals surface area (Å²) < 4.78 is 41.1. The fourth-order valence-electron chi connectivity index (χ4n) is 4.79. The van der Waals surface area contributed by atoms with E-state index in [0.29, 0.717) is 33.4 Å². The predicted octanol–water partition coefficient (Wildman–Crippen LogP) is 7.58. The van der Waals surface area contributed by atoms with Gasteiger partial charge in [-0.1, -0.05) is 45.0 Å². The summed E-state index contributed by atoms with van der Waals surface area (Å²) in [6.07, 6.45) is -1.16. The summed E-state index contributed by atoms with van der Waals surface area (Å²) >= 11 is 0. The molecule has 0 fully saturated rings. The molecule has 0 radical (unpaired) electrons. The van der Waals surface area contributed by atoms with Crippen LogP contribution in [0.25, 0.3) is 10.9 Å². The third-order valence-electron chi connectivity index (χ3n) is 7.23. The van der Waals surface area contributed by atoms with Crippen molar-refractivity contribution < 1.29 is 22.8 Å². The lowest BCUT2D eigenvalue weighted by Crippen LogP contribution is -2.25. The number of pyridine rings is 1. The van der Waals surface area contributed by atoms with Crippen molar-refractivity contribution in [3.05, 3.63) is 131 Å². The first-order valence-corrected chi connectivity index (χ1v) is 13.8. The minimum Gasteiger partial charge on any atom is -0.347 e. The third kappa shape index (κ3) is 6.94. The van der Waals surface area contributed by atoms with Gasteiger partial charge in [0.2, 0.25) is 0 Å². The largest absolute Gasteiger partial charge is 0.416 e. The van der Waals surface area contributed by atoms with Crippen LogP contribution in [-0.2, 0) is 24.7 Å². The van der Waals surface area contributed by atoms with E-state index in [1.165, 1.54) is 12.1 Å². The quantitative estimate of drug-likeness (QED) is 0.207. The summed E-state index contributed by atoms with van der Waals surface area (Å²) in [5.74, 6) is -0.608. The number of hydrogen-bond acceptors (Lipinski definition) is 3. The molecule has 220 valence electrons. The molecular weight excluding hydrogens is 553 g/mol. The topological polar surface area (TPSA) is 76.0 Å². The van der Waals surface area contributed by atoms with Crippen molar-refractivity contribution >= 4 is 28.4 Å². The molecule has 0 saturated heterocycles. The molecule has 43 heavy (non-hydrogen) atoms. The number of aromatic nitrogens is 2. The normalized spacial score (nSPS) is 11.9. The summed E-state index contributed by atoms with van der Waals surface area (Å²) in [6.45, 7) is 6.77. The van der Waals surface area contributed by atoms with Crippen LogP contribution in [0.15, 0.2) is 97.3 Å². The van der Waals surface area contributed by atoms with E-state index in [1.807, 2.05) is 12.1 Å². The van der Waals surface area contributed by atoms with Crippen molar-refractivity contribution in [1.29, 1.82) is 0 Å². The van der Waals surface area contributed by atoms with Gasteiger partial charge in [0.25, 0.3) is 11.8 Å². The number of carbonyl (C=O) groups is 2. The highest BCUT2D eigenvalue weighted by molar-refractivity contribution is 6.06. The Morgan fingerprint density at radius 2 is 1.42 bits per heavy atom. The standard InChI is InChI=1S/C34H31F3N4O2/c1-33(2,3)26-10-6-24(7-11-26)31(42)40-28-12-13-29-25(18-28)19-30(32(43)39-20-22-14-16-38-17-15-22)41(29)21-23-4-8-27(9-5-23)34(35,36)37/h4-19H,20-21H2,1-3H3,(H,39,43)(H,40,42). The zero-order chi connectivity index (χ0) is 30.8. The third-order valence-corrected chi connectivity index (χ3v) is 7.23. The molecule has 2 N–H and O–H groups in total. The number of anilines is 1. The van der Waals surface area contributed by atoms with Crippen LogP contribution in [0.1, 0.15) is 63.9 Å². The van der Waals surface area contributed by atoms with Crippen molar-refractivity contribution in [2.24, 2.45) is 0 Å². The highest BCUT2D eigenvalue weighted by atomic mass is 19.4. The first kappa shape index (κ1) is 29.6. The van der Waals surface area contributed by atoms with Gasteiger partial charge in [-0.25, -0.2) is 0 Å². The highest BCUT2D eigenvalue weighted by Crippen LogP contribution is 2.30. The Morgan fingerprint density at radius 1 is 0.767 bits per heavy atom. The average Bonchev–Trinajstić information content (AvgIpc) is 3.33. The fourth-order valence-corrected chi connectivity index (χ4v) is 4.79. The van der Waals surface area contributed by atoms with E-state index in [4.69, 9.17) is 0 Å². The van der Waals surface area contributed by atoms with E-state index in [9.17, 15) is 22.8 Å². The Bertz CT molecular complexity index is 1750. The molecule has 2 heterocycles. The molecule has 0 bridgehead atoms. The van der Waals surface area contributed by atoms with E-state index >= 15 is 0 Å². The number of nitrogens with zero attached hydrogens (tertiary/aromatic N) is 2. The number of halogens is 3. The van der Waals surface area contributed by atoms with E-state index in [1.54, 1.807) is 65.5 Å². The molecule has 9 heteroatoms.